The Bertz CT molecular complexity index is 2050. The molecule has 0 rings (SSSR count). The van der Waals surface area contributed by atoms with E-state index >= 15 is 0 Å². The lowest BCUT2D eigenvalue weighted by Gasteiger charge is -2.21. The standard InChI is InChI=1S/C79H146O17P2/c1-5-9-13-17-21-25-29-33-35-36-38-41-44-48-52-56-60-64-77(82)90-70-75(96-79(84)66-62-58-54-50-46-42-37-34-30-26-22-18-14-10-6-2)72-94-98(87,88)92-68-73(80)67-91-97(85,86)93-71-74(95-78(83)65-61-57-53-49-45-40-32-28-24-20-16-12-8-4)69-89-76(81)63-59-55-51-47-43-39-31-27-23-19-15-11-7-3/h21,25,33,35,38,41,48,52,73-75,80H,5-20,22-24,26-32,34,36-37,39-40,42-47,49-51,53-72H2,1-4H3,(H,85,86)(H,87,88)/b25-21-,35-33-,41-38-,52-48-/t73-,74+,75+/m0/s1. The molecule has 0 aliphatic rings. The van der Waals surface area contributed by atoms with Gasteiger partial charge in [-0.05, 0) is 64.2 Å². The van der Waals surface area contributed by atoms with E-state index in [4.69, 9.17) is 37.0 Å². The molecule has 0 aliphatic carbocycles. The minimum atomic E-state index is -4.98. The maximum atomic E-state index is 13.1. The molecule has 0 spiro atoms. The van der Waals surface area contributed by atoms with Gasteiger partial charge in [-0.3, -0.25) is 37.3 Å². The van der Waals surface area contributed by atoms with Crippen LogP contribution >= 0.6 is 15.6 Å². The van der Waals surface area contributed by atoms with Crippen LogP contribution in [0.2, 0.25) is 0 Å². The number of phosphoric acid groups is 2. The Morgan fingerprint density at radius 2 is 0.510 bits per heavy atom. The van der Waals surface area contributed by atoms with E-state index in [-0.39, 0.29) is 25.7 Å². The first-order valence-corrected chi connectivity index (χ1v) is 42.9. The molecule has 0 heterocycles. The summed E-state index contributed by atoms with van der Waals surface area (Å²) < 4.78 is 68.5. The Balaban J connectivity index is 5.34. The second-order valence-electron chi connectivity index (χ2n) is 27.0. The number of hydrogen-bond donors (Lipinski definition) is 3. The zero-order valence-corrected chi connectivity index (χ0v) is 64.5. The molecule has 0 aliphatic heterocycles. The summed E-state index contributed by atoms with van der Waals surface area (Å²) in [5.41, 5.74) is 0. The number of esters is 4. The fraction of sp³-hybridized carbons (Fsp3) is 0.848. The van der Waals surface area contributed by atoms with Crippen molar-refractivity contribution in [1.29, 1.82) is 0 Å². The molecular weight excluding hydrogens is 1280 g/mol. The summed E-state index contributed by atoms with van der Waals surface area (Å²) in [6.45, 7) is 4.87. The summed E-state index contributed by atoms with van der Waals surface area (Å²) in [6, 6.07) is 0. The molecule has 19 heteroatoms. The van der Waals surface area contributed by atoms with Crippen LogP contribution in [-0.4, -0.2) is 96.7 Å². The SMILES string of the molecule is CCCCC/C=C\C/C=C\C/C=C\C/C=C\CCCC(=O)OC[C@H](COP(=O)(O)OC[C@@H](O)COP(=O)(O)OC[C@@H](COC(=O)CCCCCCCCCCCCCCC)OC(=O)CCCCCCCCCCCCCCC)OC(=O)CCCCCCCCCCCCCCCCC. The van der Waals surface area contributed by atoms with Gasteiger partial charge in [-0.25, -0.2) is 9.13 Å². The zero-order chi connectivity index (χ0) is 71.8. The zero-order valence-electron chi connectivity index (χ0n) is 62.7. The van der Waals surface area contributed by atoms with Gasteiger partial charge in [0, 0.05) is 25.7 Å². The number of carbonyl (C=O) groups excluding carboxylic acids is 4. The molecule has 0 bridgehead atoms. The summed E-state index contributed by atoms with van der Waals surface area (Å²) in [5.74, 6) is -2.20. The van der Waals surface area contributed by atoms with E-state index in [9.17, 15) is 43.2 Å². The fourth-order valence-electron chi connectivity index (χ4n) is 11.2. The molecule has 0 saturated heterocycles. The van der Waals surface area contributed by atoms with E-state index in [1.54, 1.807) is 0 Å². The predicted molar refractivity (Wildman–Crippen MR) is 400 cm³/mol. The van der Waals surface area contributed by atoms with E-state index < -0.39 is 97.5 Å². The molecular formula is C79H146O17P2. The monoisotopic (exact) mass is 1430 g/mol. The Hall–Kier alpha value is -2.98. The highest BCUT2D eigenvalue weighted by atomic mass is 31.2. The van der Waals surface area contributed by atoms with E-state index in [1.807, 2.05) is 12.2 Å². The largest absolute Gasteiger partial charge is 0.472 e. The van der Waals surface area contributed by atoms with Gasteiger partial charge in [0.05, 0.1) is 26.4 Å². The molecule has 3 N–H and O–H groups in total. The van der Waals surface area contributed by atoms with Crippen molar-refractivity contribution in [3.05, 3.63) is 48.6 Å². The van der Waals surface area contributed by atoms with Crippen LogP contribution < -0.4 is 0 Å². The minimum Gasteiger partial charge on any atom is -0.462 e. The van der Waals surface area contributed by atoms with E-state index in [2.05, 4.69) is 64.2 Å². The van der Waals surface area contributed by atoms with Crippen molar-refractivity contribution in [2.24, 2.45) is 0 Å². The fourth-order valence-corrected chi connectivity index (χ4v) is 12.8. The van der Waals surface area contributed by atoms with Gasteiger partial charge in [-0.2, -0.15) is 0 Å². The van der Waals surface area contributed by atoms with Crippen molar-refractivity contribution >= 4 is 39.5 Å². The van der Waals surface area contributed by atoms with Crippen LogP contribution in [0.1, 0.15) is 374 Å². The van der Waals surface area contributed by atoms with Crippen molar-refractivity contribution in [3.8, 4) is 0 Å². The number of allylic oxidation sites excluding steroid dienone is 8. The lowest BCUT2D eigenvalue weighted by Crippen LogP contribution is -2.30. The first-order valence-electron chi connectivity index (χ1n) is 39.9. The summed E-state index contributed by atoms with van der Waals surface area (Å²) in [7, 11) is -9.94. The van der Waals surface area contributed by atoms with E-state index in [0.717, 1.165) is 96.3 Å². The number of aliphatic hydroxyl groups excluding tert-OH is 1. The lowest BCUT2D eigenvalue weighted by atomic mass is 10.0. The van der Waals surface area contributed by atoms with Gasteiger partial charge < -0.3 is 33.8 Å². The predicted octanol–water partition coefficient (Wildman–Crippen LogP) is 22.9. The van der Waals surface area contributed by atoms with Gasteiger partial charge in [0.2, 0.25) is 0 Å². The van der Waals surface area contributed by atoms with E-state index in [1.165, 1.54) is 193 Å². The number of rotatable bonds is 76. The molecule has 0 saturated carbocycles. The number of carbonyl (C=O) groups is 4. The molecule has 0 radical (unpaired) electrons. The van der Waals surface area contributed by atoms with Crippen LogP contribution in [0.4, 0.5) is 0 Å². The molecule has 17 nitrogen and oxygen atoms in total. The molecule has 0 aromatic carbocycles. The average molecular weight is 1430 g/mol. The molecule has 2 unspecified atom stereocenters. The highest BCUT2D eigenvalue weighted by Gasteiger charge is 2.30. The summed E-state index contributed by atoms with van der Waals surface area (Å²) >= 11 is 0. The van der Waals surface area contributed by atoms with Crippen molar-refractivity contribution in [2.75, 3.05) is 39.6 Å². The highest BCUT2D eigenvalue weighted by molar-refractivity contribution is 7.47. The Kier molecular flexibility index (Phi) is 70.2. The third kappa shape index (κ3) is 71.4. The van der Waals surface area contributed by atoms with E-state index in [0.29, 0.717) is 32.1 Å². The van der Waals surface area contributed by atoms with Crippen LogP contribution in [-0.2, 0) is 65.4 Å². The van der Waals surface area contributed by atoms with Gasteiger partial charge in [0.1, 0.15) is 19.3 Å². The van der Waals surface area contributed by atoms with Crippen molar-refractivity contribution in [3.63, 3.8) is 0 Å². The number of hydrogen-bond acceptors (Lipinski definition) is 15. The summed E-state index contributed by atoms with van der Waals surface area (Å²) in [5, 5.41) is 10.6. The van der Waals surface area contributed by atoms with Crippen LogP contribution in [0.25, 0.3) is 0 Å². The molecule has 98 heavy (non-hydrogen) atoms. The number of aliphatic hydroxyl groups is 1. The van der Waals surface area contributed by atoms with Gasteiger partial charge in [-0.15, -0.1) is 0 Å². The molecule has 5 atom stereocenters. The van der Waals surface area contributed by atoms with Crippen LogP contribution in [0, 0.1) is 0 Å². The molecule has 574 valence electrons. The van der Waals surface area contributed by atoms with Crippen LogP contribution in [0.3, 0.4) is 0 Å². The Labute approximate surface area is 597 Å². The summed E-state index contributed by atoms with van der Waals surface area (Å²) in [6.07, 6.45) is 69.5. The number of unbranched alkanes of at least 4 members (excludes halogenated alkanes) is 42. The summed E-state index contributed by atoms with van der Waals surface area (Å²) in [4.78, 5) is 72.9. The topological polar surface area (TPSA) is 237 Å². The minimum absolute atomic E-state index is 0.0913. The van der Waals surface area contributed by atoms with Crippen molar-refractivity contribution in [1.82, 2.24) is 0 Å². The second kappa shape index (κ2) is 72.4. The number of ether oxygens (including phenoxy) is 4. The smallest absolute Gasteiger partial charge is 0.462 e. The lowest BCUT2D eigenvalue weighted by molar-refractivity contribution is -0.161. The Morgan fingerprint density at radius 3 is 0.806 bits per heavy atom. The highest BCUT2D eigenvalue weighted by Crippen LogP contribution is 2.45. The maximum absolute atomic E-state index is 13.1. The van der Waals surface area contributed by atoms with Gasteiger partial charge in [0.25, 0.3) is 0 Å². The second-order valence-corrected chi connectivity index (χ2v) is 29.9. The molecule has 0 aromatic rings. The third-order valence-corrected chi connectivity index (χ3v) is 19.2. The quantitative estimate of drug-likeness (QED) is 0.0169. The molecule has 0 fully saturated rings. The third-order valence-electron chi connectivity index (χ3n) is 17.3. The van der Waals surface area contributed by atoms with Gasteiger partial charge in [0.15, 0.2) is 12.2 Å². The number of phosphoric ester groups is 2. The first kappa shape index (κ1) is 95.0. The van der Waals surface area contributed by atoms with Crippen LogP contribution in [0.15, 0.2) is 48.6 Å². The normalized spacial score (nSPS) is 14.2. The first-order chi connectivity index (χ1) is 47.7. The Morgan fingerprint density at radius 1 is 0.286 bits per heavy atom. The van der Waals surface area contributed by atoms with Gasteiger partial charge >= 0.3 is 39.5 Å². The van der Waals surface area contributed by atoms with Crippen molar-refractivity contribution in [2.45, 2.75) is 393 Å². The van der Waals surface area contributed by atoms with Crippen LogP contribution in [0.5, 0.6) is 0 Å². The molecule has 0 aromatic heterocycles. The maximum Gasteiger partial charge on any atom is 0.472 e. The average Bonchev–Trinajstić information content (AvgIpc) is 1.05. The van der Waals surface area contributed by atoms with Crippen molar-refractivity contribution < 1.29 is 80.2 Å². The molecule has 0 amide bonds. The van der Waals surface area contributed by atoms with Gasteiger partial charge in [-0.1, -0.05) is 333 Å².